The minimum Gasteiger partial charge on any atom is -0.323 e. The van der Waals surface area contributed by atoms with E-state index < -0.39 is 17.6 Å². The fourth-order valence-corrected chi connectivity index (χ4v) is 4.72. The van der Waals surface area contributed by atoms with Crippen LogP contribution in [0.4, 0.5) is 18.9 Å². The number of thioether (sulfide) groups is 1. The van der Waals surface area contributed by atoms with Crippen LogP contribution in [0.15, 0.2) is 46.7 Å². The van der Waals surface area contributed by atoms with Crippen molar-refractivity contribution in [3.8, 4) is 5.69 Å². The van der Waals surface area contributed by atoms with Crippen molar-refractivity contribution in [2.24, 2.45) is 0 Å². The third-order valence-corrected chi connectivity index (χ3v) is 6.40. The van der Waals surface area contributed by atoms with Crippen LogP contribution in [0.3, 0.4) is 0 Å². The lowest BCUT2D eigenvalue weighted by Crippen LogP contribution is -2.18. The van der Waals surface area contributed by atoms with Gasteiger partial charge in [0.1, 0.15) is 0 Å². The zero-order valence-corrected chi connectivity index (χ0v) is 19.1. The number of halogens is 3. The Kier molecular flexibility index (Phi) is 6.30. The maximum atomic E-state index is 13.3. The predicted octanol–water partition coefficient (Wildman–Crippen LogP) is 4.45. The average Bonchev–Trinajstić information content (AvgIpc) is 3.33. The Bertz CT molecular complexity index is 1390. The Morgan fingerprint density at radius 1 is 1.21 bits per heavy atom. The number of hydrogen-bond acceptors (Lipinski definition) is 6. The van der Waals surface area contributed by atoms with Gasteiger partial charge in [0, 0.05) is 29.1 Å². The van der Waals surface area contributed by atoms with E-state index >= 15 is 0 Å². The number of nitrogens with zero attached hydrogens (tertiary/aromatic N) is 4. The normalized spacial score (nSPS) is 11.8. The minimum absolute atomic E-state index is 0.0120. The van der Waals surface area contributed by atoms with Gasteiger partial charge < -0.3 is 5.32 Å². The first-order chi connectivity index (χ1) is 15.6. The molecule has 4 rings (SSSR count). The van der Waals surface area contributed by atoms with Crippen LogP contribution in [0, 0.1) is 13.8 Å². The number of thiazole rings is 1. The molecule has 0 aliphatic heterocycles. The number of benzene rings is 1. The van der Waals surface area contributed by atoms with Crippen molar-refractivity contribution in [3.05, 3.63) is 74.9 Å². The highest BCUT2D eigenvalue weighted by molar-refractivity contribution is 7.99. The molecule has 7 nitrogen and oxygen atoms in total. The average molecular weight is 494 g/mol. The summed E-state index contributed by atoms with van der Waals surface area (Å²) in [6.45, 7) is 3.55. The van der Waals surface area contributed by atoms with Crippen LogP contribution in [0.1, 0.15) is 22.6 Å². The van der Waals surface area contributed by atoms with Crippen LogP contribution >= 0.6 is 23.1 Å². The molecular formula is C21H18F3N5O2S2. The third-order valence-electron chi connectivity index (χ3n) is 4.68. The summed E-state index contributed by atoms with van der Waals surface area (Å²) in [5.41, 5.74) is 1.22. The Morgan fingerprint density at radius 3 is 2.70 bits per heavy atom. The summed E-state index contributed by atoms with van der Waals surface area (Å²) in [6, 6.07) is 6.35. The molecule has 0 aliphatic rings. The van der Waals surface area contributed by atoms with E-state index in [1.165, 1.54) is 44.3 Å². The molecule has 0 radical (unpaired) electrons. The van der Waals surface area contributed by atoms with Crippen LogP contribution in [0.5, 0.6) is 0 Å². The molecule has 3 aromatic heterocycles. The number of rotatable bonds is 6. The number of anilines is 1. The standard InChI is InChI=1S/C21H18F3N5O2S2/c1-12-7-13(2)29(27-12)17-4-3-14(21(22,23)24)8-16(17)26-18(30)11-32-10-15-9-19(31)28-5-6-33-20(28)25-15/h3-9H,10-11H2,1-2H3,(H,26,30). The topological polar surface area (TPSA) is 81.3 Å². The Morgan fingerprint density at radius 2 is 2.00 bits per heavy atom. The van der Waals surface area contributed by atoms with Crippen molar-refractivity contribution in [3.63, 3.8) is 0 Å². The molecule has 12 heteroatoms. The van der Waals surface area contributed by atoms with Gasteiger partial charge in [-0.05, 0) is 38.1 Å². The quantitative estimate of drug-likeness (QED) is 0.429. The number of fused-ring (bicyclic) bond motifs is 1. The van der Waals surface area contributed by atoms with Crippen molar-refractivity contribution < 1.29 is 18.0 Å². The molecule has 0 bridgehead atoms. The Labute approximate surface area is 194 Å². The molecule has 4 aromatic rings. The zero-order valence-electron chi connectivity index (χ0n) is 17.5. The van der Waals surface area contributed by atoms with Gasteiger partial charge in [0.05, 0.1) is 34.1 Å². The molecule has 0 aliphatic carbocycles. The second-order valence-corrected chi connectivity index (χ2v) is 9.11. The molecule has 0 atom stereocenters. The van der Waals surface area contributed by atoms with Crippen molar-refractivity contribution in [1.82, 2.24) is 19.2 Å². The highest BCUT2D eigenvalue weighted by Gasteiger charge is 2.31. The first kappa shape index (κ1) is 23.1. The SMILES string of the molecule is Cc1cc(C)n(-c2ccc(C(F)(F)F)cc2NC(=O)CSCc2cc(=O)n3ccsc3n2)n1. The molecule has 172 valence electrons. The van der Waals surface area contributed by atoms with E-state index in [1.807, 2.05) is 0 Å². The van der Waals surface area contributed by atoms with Crippen LogP contribution in [-0.4, -0.2) is 30.8 Å². The van der Waals surface area contributed by atoms with Gasteiger partial charge in [0.2, 0.25) is 5.91 Å². The van der Waals surface area contributed by atoms with E-state index in [0.29, 0.717) is 27.8 Å². The van der Waals surface area contributed by atoms with Gasteiger partial charge in [0.25, 0.3) is 5.56 Å². The molecule has 0 spiro atoms. The lowest BCUT2D eigenvalue weighted by molar-refractivity contribution is -0.137. The van der Waals surface area contributed by atoms with E-state index in [0.717, 1.165) is 17.8 Å². The van der Waals surface area contributed by atoms with Crippen LogP contribution < -0.4 is 10.9 Å². The van der Waals surface area contributed by atoms with Crippen molar-refractivity contribution >= 4 is 39.7 Å². The number of carbonyl (C=O) groups is 1. The summed E-state index contributed by atoms with van der Waals surface area (Å²) in [5, 5.41) is 8.64. The summed E-state index contributed by atoms with van der Waals surface area (Å²) >= 11 is 2.54. The van der Waals surface area contributed by atoms with Gasteiger partial charge in [-0.3, -0.25) is 14.0 Å². The molecule has 0 fully saturated rings. The summed E-state index contributed by atoms with van der Waals surface area (Å²) in [6.07, 6.45) is -2.92. The highest BCUT2D eigenvalue weighted by Crippen LogP contribution is 2.34. The summed E-state index contributed by atoms with van der Waals surface area (Å²) in [5.74, 6) is -0.196. The van der Waals surface area contributed by atoms with Gasteiger partial charge in [-0.25, -0.2) is 9.67 Å². The number of nitrogens with one attached hydrogen (secondary N) is 1. The molecule has 1 N–H and O–H groups in total. The van der Waals surface area contributed by atoms with Crippen molar-refractivity contribution in [2.75, 3.05) is 11.1 Å². The van der Waals surface area contributed by atoms with Crippen LogP contribution in [0.25, 0.3) is 10.6 Å². The molecular weight excluding hydrogens is 475 g/mol. The van der Waals surface area contributed by atoms with Gasteiger partial charge in [0.15, 0.2) is 4.96 Å². The van der Waals surface area contributed by atoms with Crippen LogP contribution in [-0.2, 0) is 16.7 Å². The van der Waals surface area contributed by atoms with E-state index in [9.17, 15) is 22.8 Å². The van der Waals surface area contributed by atoms with Gasteiger partial charge in [-0.15, -0.1) is 23.1 Å². The first-order valence-corrected chi connectivity index (χ1v) is 11.7. The van der Waals surface area contributed by atoms with Gasteiger partial charge >= 0.3 is 6.18 Å². The maximum absolute atomic E-state index is 13.3. The molecule has 33 heavy (non-hydrogen) atoms. The smallest absolute Gasteiger partial charge is 0.323 e. The van der Waals surface area contributed by atoms with Gasteiger partial charge in [-0.2, -0.15) is 18.3 Å². The maximum Gasteiger partial charge on any atom is 0.416 e. The lowest BCUT2D eigenvalue weighted by Gasteiger charge is -2.15. The second kappa shape index (κ2) is 9.02. The monoisotopic (exact) mass is 493 g/mol. The van der Waals surface area contributed by atoms with E-state index in [1.54, 1.807) is 31.5 Å². The Balaban J connectivity index is 1.51. The number of carbonyl (C=O) groups excluding carboxylic acids is 1. The second-order valence-electron chi connectivity index (χ2n) is 7.25. The number of aromatic nitrogens is 4. The number of aryl methyl sites for hydroxylation is 2. The minimum atomic E-state index is -4.55. The number of alkyl halides is 3. The summed E-state index contributed by atoms with van der Waals surface area (Å²) in [4.78, 5) is 29.5. The molecule has 0 unspecified atom stereocenters. The lowest BCUT2D eigenvalue weighted by atomic mass is 10.1. The fourth-order valence-electron chi connectivity index (χ4n) is 3.27. The number of amides is 1. The van der Waals surface area contributed by atoms with Crippen molar-refractivity contribution in [2.45, 2.75) is 25.8 Å². The van der Waals surface area contributed by atoms with E-state index in [4.69, 9.17) is 0 Å². The highest BCUT2D eigenvalue weighted by atomic mass is 32.2. The first-order valence-electron chi connectivity index (χ1n) is 9.70. The number of hydrogen-bond donors (Lipinski definition) is 1. The molecule has 3 heterocycles. The summed E-state index contributed by atoms with van der Waals surface area (Å²) in [7, 11) is 0. The van der Waals surface area contributed by atoms with Crippen LogP contribution in [0.2, 0.25) is 0 Å². The predicted molar refractivity (Wildman–Crippen MR) is 122 cm³/mol. The van der Waals surface area contributed by atoms with E-state index in [-0.39, 0.29) is 17.0 Å². The molecule has 0 saturated carbocycles. The van der Waals surface area contributed by atoms with E-state index in [2.05, 4.69) is 15.4 Å². The van der Waals surface area contributed by atoms with Crippen molar-refractivity contribution in [1.29, 1.82) is 0 Å². The summed E-state index contributed by atoms with van der Waals surface area (Å²) < 4.78 is 42.7. The zero-order chi connectivity index (χ0) is 23.8. The largest absolute Gasteiger partial charge is 0.416 e. The fraction of sp³-hybridized carbons (Fsp3) is 0.238. The Hall–Kier alpha value is -3.12. The molecule has 1 amide bonds. The molecule has 0 saturated heterocycles. The molecule has 1 aromatic carbocycles. The van der Waals surface area contributed by atoms with Gasteiger partial charge in [-0.1, -0.05) is 0 Å². The third kappa shape index (κ3) is 5.11.